The number of pyridine rings is 1. The maximum Gasteiger partial charge on any atom is 0.191 e. The molecule has 1 fully saturated rings. The molecule has 158 valence electrons. The summed E-state index contributed by atoms with van der Waals surface area (Å²) in [6.45, 7) is 5.84. The maximum atomic E-state index is 4.56. The van der Waals surface area contributed by atoms with Gasteiger partial charge in [-0.1, -0.05) is 12.1 Å². The van der Waals surface area contributed by atoms with Gasteiger partial charge in [-0.3, -0.25) is 4.99 Å². The van der Waals surface area contributed by atoms with Crippen LogP contribution in [0.15, 0.2) is 46.4 Å². The van der Waals surface area contributed by atoms with E-state index in [1.807, 2.05) is 13.2 Å². The summed E-state index contributed by atoms with van der Waals surface area (Å²) in [6, 6.07) is 10.8. The first-order chi connectivity index (χ1) is 13.7. The predicted molar refractivity (Wildman–Crippen MR) is 136 cm³/mol. The van der Waals surface area contributed by atoms with Crippen molar-refractivity contribution in [1.82, 2.24) is 15.6 Å². The number of thioether (sulfide) groups is 1. The monoisotopic (exact) mass is 525 g/mol. The number of piperidine rings is 1. The molecule has 2 N–H and O–H groups in total. The second-order valence-electron chi connectivity index (χ2n) is 7.16. The minimum absolute atomic E-state index is 0. The third-order valence-corrected chi connectivity index (χ3v) is 5.88. The van der Waals surface area contributed by atoms with Gasteiger partial charge in [-0.25, -0.2) is 4.98 Å². The Balaban J connectivity index is 0.00000300. The topological polar surface area (TPSA) is 52.6 Å². The van der Waals surface area contributed by atoms with E-state index in [9.17, 15) is 0 Å². The summed E-state index contributed by atoms with van der Waals surface area (Å²) in [4.78, 5) is 12.6. The molecule has 1 aromatic carbocycles. The van der Waals surface area contributed by atoms with Crippen molar-refractivity contribution in [2.75, 3.05) is 31.3 Å². The van der Waals surface area contributed by atoms with Crippen LogP contribution in [-0.2, 0) is 13.1 Å². The van der Waals surface area contributed by atoms with E-state index in [1.54, 1.807) is 11.8 Å². The van der Waals surface area contributed by atoms with Crippen molar-refractivity contribution in [1.29, 1.82) is 0 Å². The maximum absolute atomic E-state index is 4.56. The van der Waals surface area contributed by atoms with Crippen molar-refractivity contribution in [2.24, 2.45) is 4.99 Å². The lowest BCUT2D eigenvalue weighted by Crippen LogP contribution is -2.36. The fraction of sp³-hybridized carbons (Fsp3) is 0.455. The fourth-order valence-corrected chi connectivity index (χ4v) is 4.16. The van der Waals surface area contributed by atoms with Gasteiger partial charge in [-0.05, 0) is 67.3 Å². The SMILES string of the molecule is CN=C(NCc1ccnc(N2CCCCC2)c1)NCc1ccc(C)cc1SC.I. The zero-order chi connectivity index (χ0) is 19.8. The highest BCUT2D eigenvalue weighted by atomic mass is 127. The van der Waals surface area contributed by atoms with Crippen LogP contribution in [-0.4, -0.2) is 37.3 Å². The number of hydrogen-bond acceptors (Lipinski definition) is 4. The lowest BCUT2D eigenvalue weighted by atomic mass is 10.1. The Labute approximate surface area is 196 Å². The number of hydrogen-bond donors (Lipinski definition) is 2. The molecule has 0 spiro atoms. The molecule has 7 heteroatoms. The summed E-state index contributed by atoms with van der Waals surface area (Å²) in [5.74, 6) is 1.90. The van der Waals surface area contributed by atoms with Crippen LogP contribution in [0, 0.1) is 6.92 Å². The van der Waals surface area contributed by atoms with Gasteiger partial charge in [0.05, 0.1) is 0 Å². The number of nitrogens with one attached hydrogen (secondary N) is 2. The van der Waals surface area contributed by atoms with Crippen molar-refractivity contribution in [2.45, 2.75) is 44.2 Å². The second-order valence-corrected chi connectivity index (χ2v) is 8.01. The number of halogens is 1. The molecule has 1 saturated heterocycles. The normalized spacial score (nSPS) is 14.3. The summed E-state index contributed by atoms with van der Waals surface area (Å²) >= 11 is 1.78. The van der Waals surface area contributed by atoms with Gasteiger partial charge >= 0.3 is 0 Å². The van der Waals surface area contributed by atoms with Crippen molar-refractivity contribution in [3.63, 3.8) is 0 Å². The van der Waals surface area contributed by atoms with Gasteiger partial charge in [-0.2, -0.15) is 0 Å². The molecular formula is C22H32IN5S. The van der Waals surface area contributed by atoms with Gasteiger partial charge in [0.25, 0.3) is 0 Å². The van der Waals surface area contributed by atoms with Gasteiger partial charge in [0.2, 0.25) is 0 Å². The van der Waals surface area contributed by atoms with Gasteiger partial charge in [0.15, 0.2) is 5.96 Å². The third kappa shape index (κ3) is 7.06. The van der Waals surface area contributed by atoms with E-state index < -0.39 is 0 Å². The number of guanidine groups is 1. The van der Waals surface area contributed by atoms with Crippen molar-refractivity contribution in [3.8, 4) is 0 Å². The highest BCUT2D eigenvalue weighted by molar-refractivity contribution is 14.0. The first-order valence-electron chi connectivity index (χ1n) is 9.97. The molecule has 5 nitrogen and oxygen atoms in total. The number of nitrogens with zero attached hydrogens (tertiary/aromatic N) is 3. The Bertz CT molecular complexity index is 806. The molecule has 1 aromatic heterocycles. The van der Waals surface area contributed by atoms with Gasteiger partial charge in [-0.15, -0.1) is 35.7 Å². The molecular weight excluding hydrogens is 493 g/mol. The van der Waals surface area contributed by atoms with E-state index in [2.05, 4.69) is 69.0 Å². The van der Waals surface area contributed by atoms with Crippen LogP contribution < -0.4 is 15.5 Å². The highest BCUT2D eigenvalue weighted by Crippen LogP contribution is 2.21. The number of benzene rings is 1. The first-order valence-corrected chi connectivity index (χ1v) is 11.2. The summed E-state index contributed by atoms with van der Waals surface area (Å²) in [6.07, 6.45) is 7.89. The van der Waals surface area contributed by atoms with E-state index in [0.29, 0.717) is 0 Å². The minimum atomic E-state index is 0. The average molecular weight is 526 g/mol. The number of rotatable bonds is 6. The van der Waals surface area contributed by atoms with E-state index in [1.165, 1.54) is 40.8 Å². The summed E-state index contributed by atoms with van der Waals surface area (Å²) in [7, 11) is 1.81. The van der Waals surface area contributed by atoms with Crippen molar-refractivity contribution in [3.05, 3.63) is 53.2 Å². The van der Waals surface area contributed by atoms with Gasteiger partial charge in [0.1, 0.15) is 5.82 Å². The Kier molecular flexibility index (Phi) is 10.1. The molecule has 0 amide bonds. The van der Waals surface area contributed by atoms with E-state index in [4.69, 9.17) is 0 Å². The molecule has 0 bridgehead atoms. The number of aryl methyl sites for hydroxylation is 1. The first kappa shape index (κ1) is 23.8. The molecule has 2 heterocycles. The standard InChI is InChI=1S/C22H31N5S.HI/c1-17-7-8-19(20(13-17)28-3)16-26-22(23-2)25-15-18-9-10-24-21(14-18)27-11-5-4-6-12-27;/h7-10,13-14H,4-6,11-12,15-16H2,1-3H3,(H2,23,25,26);1H. The second kappa shape index (κ2) is 12.3. The van der Waals surface area contributed by atoms with Crippen LogP contribution >= 0.6 is 35.7 Å². The Morgan fingerprint density at radius 2 is 1.86 bits per heavy atom. The smallest absolute Gasteiger partial charge is 0.191 e. The lowest BCUT2D eigenvalue weighted by molar-refractivity contribution is 0.573. The average Bonchev–Trinajstić information content (AvgIpc) is 2.75. The molecule has 0 saturated carbocycles. The molecule has 0 aliphatic carbocycles. The van der Waals surface area contributed by atoms with Crippen LogP contribution in [0.4, 0.5) is 5.82 Å². The van der Waals surface area contributed by atoms with Crippen LogP contribution in [0.25, 0.3) is 0 Å². The van der Waals surface area contributed by atoms with E-state index >= 15 is 0 Å². The molecule has 29 heavy (non-hydrogen) atoms. The largest absolute Gasteiger partial charge is 0.357 e. The highest BCUT2D eigenvalue weighted by Gasteiger charge is 2.12. The zero-order valence-electron chi connectivity index (χ0n) is 17.6. The van der Waals surface area contributed by atoms with Gasteiger partial charge in [0, 0.05) is 44.3 Å². The Morgan fingerprint density at radius 1 is 1.10 bits per heavy atom. The third-order valence-electron chi connectivity index (χ3n) is 5.06. The number of aromatic nitrogens is 1. The predicted octanol–water partition coefficient (Wildman–Crippen LogP) is 4.59. The molecule has 1 aliphatic rings. The molecule has 0 radical (unpaired) electrons. The van der Waals surface area contributed by atoms with E-state index in [0.717, 1.165) is 38.0 Å². The van der Waals surface area contributed by atoms with Crippen LogP contribution in [0.5, 0.6) is 0 Å². The number of anilines is 1. The summed E-state index contributed by atoms with van der Waals surface area (Å²) in [5, 5.41) is 6.85. The number of aliphatic imine (C=N–C) groups is 1. The molecule has 0 atom stereocenters. The van der Waals surface area contributed by atoms with Crippen LogP contribution in [0.3, 0.4) is 0 Å². The minimum Gasteiger partial charge on any atom is -0.357 e. The summed E-state index contributed by atoms with van der Waals surface area (Å²) < 4.78 is 0. The summed E-state index contributed by atoms with van der Waals surface area (Å²) in [5.41, 5.74) is 3.80. The van der Waals surface area contributed by atoms with Gasteiger partial charge < -0.3 is 15.5 Å². The van der Waals surface area contributed by atoms with Crippen LogP contribution in [0.2, 0.25) is 0 Å². The van der Waals surface area contributed by atoms with Crippen LogP contribution in [0.1, 0.15) is 36.0 Å². The lowest BCUT2D eigenvalue weighted by Gasteiger charge is -2.28. The Morgan fingerprint density at radius 3 is 2.59 bits per heavy atom. The molecule has 1 aliphatic heterocycles. The fourth-order valence-electron chi connectivity index (χ4n) is 3.45. The van der Waals surface area contributed by atoms with Crippen molar-refractivity contribution < 1.29 is 0 Å². The zero-order valence-corrected chi connectivity index (χ0v) is 20.7. The molecule has 2 aromatic rings. The van der Waals surface area contributed by atoms with Crippen molar-refractivity contribution >= 4 is 47.5 Å². The molecule has 0 unspecified atom stereocenters. The molecule has 3 rings (SSSR count). The van der Waals surface area contributed by atoms with E-state index in [-0.39, 0.29) is 24.0 Å². The quantitative estimate of drug-likeness (QED) is 0.250. The Hall–Kier alpha value is -1.48.